The third kappa shape index (κ3) is 7.84. The van der Waals surface area contributed by atoms with E-state index in [4.69, 9.17) is 24.1 Å². The van der Waals surface area contributed by atoms with Crippen molar-refractivity contribution in [2.45, 2.75) is 108 Å². The van der Waals surface area contributed by atoms with E-state index in [0.29, 0.717) is 56.0 Å². The second-order valence-corrected chi connectivity index (χ2v) is 15.4. The number of oxazole rings is 1. The van der Waals surface area contributed by atoms with Crippen molar-refractivity contribution in [2.24, 2.45) is 17.8 Å². The van der Waals surface area contributed by atoms with Crippen LogP contribution in [0.5, 0.6) is 5.75 Å². The van der Waals surface area contributed by atoms with Crippen molar-refractivity contribution in [1.29, 1.82) is 0 Å². The molecule has 0 unspecified atom stereocenters. The number of amides is 2. The van der Waals surface area contributed by atoms with E-state index in [0.717, 1.165) is 98.5 Å². The first kappa shape index (κ1) is 33.7. The standard InChI is InChI=1S/C39H51N5O5/c1-25-34(48-3)15-14-32(41-25)28-8-6-27(7-9-28)22-44(35-21-31(16-18-40-35)33-23-49-37(42-33)29-12-13-29)38(46)30-10-4-26(5-11-30)20-36(45)43-19-17-39(2,47)24-43/h14-16,18,21,23,26-30,47H,4-13,17,19-20,22,24H2,1-3H3/t26?,27?,28?,30?,39-/m0/s1. The summed E-state index contributed by atoms with van der Waals surface area (Å²) in [5.41, 5.74) is 2.95. The molecule has 1 saturated heterocycles. The van der Waals surface area contributed by atoms with Crippen LogP contribution in [0.4, 0.5) is 5.82 Å². The third-order valence-electron chi connectivity index (χ3n) is 11.5. The van der Waals surface area contributed by atoms with E-state index in [2.05, 4.69) is 6.07 Å². The number of methoxy groups -OCH3 is 1. The highest BCUT2D eigenvalue weighted by molar-refractivity contribution is 5.94. The molecule has 10 heteroatoms. The van der Waals surface area contributed by atoms with Gasteiger partial charge in [0, 0.05) is 61.3 Å². The quantitative estimate of drug-likeness (QED) is 0.250. The van der Waals surface area contributed by atoms with E-state index in [-0.39, 0.29) is 23.7 Å². The number of carbonyl (C=O) groups is 2. The van der Waals surface area contributed by atoms with Crippen LogP contribution in [-0.2, 0) is 9.59 Å². The summed E-state index contributed by atoms with van der Waals surface area (Å²) in [4.78, 5) is 45.6. The van der Waals surface area contributed by atoms with Crippen molar-refractivity contribution in [2.75, 3.05) is 31.6 Å². The fourth-order valence-electron chi connectivity index (χ4n) is 8.24. The van der Waals surface area contributed by atoms with Gasteiger partial charge in [-0.1, -0.05) is 0 Å². The molecule has 0 bridgehead atoms. The number of carbonyl (C=O) groups excluding carboxylic acids is 2. The maximum absolute atomic E-state index is 14.4. The molecule has 3 saturated carbocycles. The molecule has 7 rings (SSSR count). The molecule has 2 amide bonds. The highest BCUT2D eigenvalue weighted by atomic mass is 16.5. The average Bonchev–Trinajstić information content (AvgIpc) is 3.72. The van der Waals surface area contributed by atoms with Crippen molar-refractivity contribution < 1.29 is 23.8 Å². The highest BCUT2D eigenvalue weighted by Crippen LogP contribution is 2.41. The van der Waals surface area contributed by atoms with E-state index in [1.165, 1.54) is 0 Å². The van der Waals surface area contributed by atoms with Crippen LogP contribution in [0.2, 0.25) is 0 Å². The number of hydrogen-bond acceptors (Lipinski definition) is 8. The molecule has 4 fully saturated rings. The zero-order valence-corrected chi connectivity index (χ0v) is 29.3. The number of anilines is 1. The molecule has 4 heterocycles. The number of aliphatic hydroxyl groups is 1. The Morgan fingerprint density at radius 1 is 1.00 bits per heavy atom. The van der Waals surface area contributed by atoms with Crippen molar-refractivity contribution in [1.82, 2.24) is 19.9 Å². The summed E-state index contributed by atoms with van der Waals surface area (Å²) < 4.78 is 11.2. The molecule has 0 radical (unpaired) electrons. The molecule has 262 valence electrons. The van der Waals surface area contributed by atoms with Crippen LogP contribution >= 0.6 is 0 Å². The van der Waals surface area contributed by atoms with Gasteiger partial charge >= 0.3 is 0 Å². The number of pyridine rings is 2. The number of β-amino-alcohol motifs (C(OH)–C–C–N with tert-alkyl or cyclic N) is 1. The summed E-state index contributed by atoms with van der Waals surface area (Å²) in [6.45, 7) is 5.46. The van der Waals surface area contributed by atoms with Gasteiger partial charge in [0.2, 0.25) is 11.8 Å². The second-order valence-electron chi connectivity index (χ2n) is 15.4. The van der Waals surface area contributed by atoms with Crippen LogP contribution in [0.25, 0.3) is 11.3 Å². The Morgan fingerprint density at radius 2 is 1.73 bits per heavy atom. The van der Waals surface area contributed by atoms with Gasteiger partial charge in [-0.15, -0.1) is 0 Å². The number of ether oxygens (including phenoxy) is 1. The van der Waals surface area contributed by atoms with Crippen LogP contribution in [-0.4, -0.2) is 69.1 Å². The van der Waals surface area contributed by atoms with Crippen molar-refractivity contribution in [3.05, 3.63) is 54.0 Å². The lowest BCUT2D eigenvalue weighted by molar-refractivity contribution is -0.132. The molecule has 10 nitrogen and oxygen atoms in total. The lowest BCUT2D eigenvalue weighted by Gasteiger charge is -2.35. The van der Waals surface area contributed by atoms with Gasteiger partial charge in [0.05, 0.1) is 18.4 Å². The first-order chi connectivity index (χ1) is 23.7. The zero-order chi connectivity index (χ0) is 34.1. The molecule has 0 spiro atoms. The number of rotatable bonds is 10. The maximum atomic E-state index is 14.4. The van der Waals surface area contributed by atoms with Crippen LogP contribution in [0.1, 0.15) is 113 Å². The topological polar surface area (TPSA) is 122 Å². The van der Waals surface area contributed by atoms with Gasteiger partial charge in [0.25, 0.3) is 0 Å². The number of aromatic nitrogens is 3. The first-order valence-electron chi connectivity index (χ1n) is 18.4. The number of likely N-dealkylation sites (tertiary alicyclic amines) is 1. The Morgan fingerprint density at radius 3 is 2.41 bits per heavy atom. The van der Waals surface area contributed by atoms with Gasteiger partial charge in [-0.3, -0.25) is 19.5 Å². The lowest BCUT2D eigenvalue weighted by atomic mass is 9.78. The van der Waals surface area contributed by atoms with Gasteiger partial charge < -0.3 is 19.2 Å². The first-order valence-corrected chi connectivity index (χ1v) is 18.4. The van der Waals surface area contributed by atoms with E-state index in [1.54, 1.807) is 31.4 Å². The summed E-state index contributed by atoms with van der Waals surface area (Å²) in [6, 6.07) is 8.06. The summed E-state index contributed by atoms with van der Waals surface area (Å²) in [5, 5.41) is 10.3. The van der Waals surface area contributed by atoms with Crippen molar-refractivity contribution in [3.63, 3.8) is 0 Å². The van der Waals surface area contributed by atoms with Crippen LogP contribution < -0.4 is 9.64 Å². The minimum atomic E-state index is -0.785. The molecular formula is C39H51N5O5. The smallest absolute Gasteiger partial charge is 0.231 e. The highest BCUT2D eigenvalue weighted by Gasteiger charge is 2.37. The molecule has 3 aromatic rings. The van der Waals surface area contributed by atoms with Crippen LogP contribution in [0.15, 0.2) is 41.1 Å². The summed E-state index contributed by atoms with van der Waals surface area (Å²) in [5.74, 6) is 3.93. The number of aryl methyl sites for hydroxylation is 1. The minimum Gasteiger partial charge on any atom is -0.495 e. The Bertz CT molecular complexity index is 1630. The minimum absolute atomic E-state index is 0.0966. The normalized spacial score (nSPS) is 27.2. The maximum Gasteiger partial charge on any atom is 0.231 e. The Balaban J connectivity index is 1.03. The molecule has 1 N–H and O–H groups in total. The summed E-state index contributed by atoms with van der Waals surface area (Å²) >= 11 is 0. The van der Waals surface area contributed by atoms with Crippen molar-refractivity contribution >= 4 is 17.6 Å². The zero-order valence-electron chi connectivity index (χ0n) is 29.3. The lowest BCUT2D eigenvalue weighted by Crippen LogP contribution is -2.42. The average molecular weight is 670 g/mol. The fourth-order valence-corrected chi connectivity index (χ4v) is 8.24. The van der Waals surface area contributed by atoms with E-state index in [1.807, 2.05) is 30.0 Å². The van der Waals surface area contributed by atoms with Gasteiger partial charge in [-0.25, -0.2) is 9.97 Å². The molecule has 3 aromatic heterocycles. The van der Waals surface area contributed by atoms with E-state index in [9.17, 15) is 14.7 Å². The SMILES string of the molecule is COc1ccc(C2CCC(CN(C(=O)C3CCC(CC(=O)N4CC[C@](C)(O)C4)CC3)c3cc(-c4coc(C5CC5)n4)ccn3)CC2)nc1C. The Kier molecular flexibility index (Phi) is 9.77. The summed E-state index contributed by atoms with van der Waals surface area (Å²) in [7, 11) is 1.68. The molecule has 4 aliphatic rings. The number of nitrogens with zero attached hydrogens (tertiary/aromatic N) is 5. The Labute approximate surface area is 289 Å². The van der Waals surface area contributed by atoms with Gasteiger partial charge in [0.1, 0.15) is 23.5 Å². The van der Waals surface area contributed by atoms with E-state index >= 15 is 0 Å². The molecule has 1 atom stereocenters. The van der Waals surface area contributed by atoms with Gasteiger partial charge in [0.15, 0.2) is 5.89 Å². The number of hydrogen-bond donors (Lipinski definition) is 1. The van der Waals surface area contributed by atoms with E-state index < -0.39 is 5.60 Å². The fraction of sp³-hybridized carbons (Fsp3) is 0.615. The third-order valence-corrected chi connectivity index (χ3v) is 11.5. The monoisotopic (exact) mass is 669 g/mol. The van der Waals surface area contributed by atoms with Crippen molar-refractivity contribution in [3.8, 4) is 17.0 Å². The summed E-state index contributed by atoms with van der Waals surface area (Å²) in [6.07, 6.45) is 14.2. The van der Waals surface area contributed by atoms with Gasteiger partial charge in [-0.2, -0.15) is 0 Å². The predicted octanol–water partition coefficient (Wildman–Crippen LogP) is 6.81. The molecule has 3 aliphatic carbocycles. The molecular weight excluding hydrogens is 618 g/mol. The van der Waals surface area contributed by atoms with Crippen LogP contribution in [0, 0.1) is 24.7 Å². The molecule has 1 aliphatic heterocycles. The predicted molar refractivity (Wildman–Crippen MR) is 186 cm³/mol. The molecule has 49 heavy (non-hydrogen) atoms. The Hall–Kier alpha value is -3.79. The van der Waals surface area contributed by atoms with Crippen LogP contribution in [0.3, 0.4) is 0 Å². The molecule has 0 aromatic carbocycles. The van der Waals surface area contributed by atoms with Gasteiger partial charge in [-0.05, 0) is 121 Å². The second kappa shape index (κ2) is 14.2. The largest absolute Gasteiger partial charge is 0.495 e.